The number of benzene rings is 1. The van der Waals surface area contributed by atoms with Gasteiger partial charge in [0.05, 0.1) is 23.7 Å². The highest BCUT2D eigenvalue weighted by atomic mass is 16.5. The average Bonchev–Trinajstić information content (AvgIpc) is 2.75. The third-order valence-corrected chi connectivity index (χ3v) is 5.49. The van der Waals surface area contributed by atoms with E-state index < -0.39 is 11.9 Å². The Morgan fingerprint density at radius 3 is 2.39 bits per heavy atom. The van der Waals surface area contributed by atoms with Gasteiger partial charge >= 0.3 is 5.97 Å². The maximum absolute atomic E-state index is 12.8. The van der Waals surface area contributed by atoms with Crippen LogP contribution in [-0.2, 0) is 9.53 Å². The van der Waals surface area contributed by atoms with E-state index in [1.54, 1.807) is 0 Å². The van der Waals surface area contributed by atoms with Crippen LogP contribution in [0.2, 0.25) is 0 Å². The summed E-state index contributed by atoms with van der Waals surface area (Å²) in [5.41, 5.74) is 1.87. The first kappa shape index (κ1) is 20.1. The first-order valence-electron chi connectivity index (χ1n) is 10.3. The van der Waals surface area contributed by atoms with E-state index in [1.807, 2.05) is 24.3 Å². The second-order valence-corrected chi connectivity index (χ2v) is 7.34. The number of aromatic nitrogens is 2. The number of hydrogen-bond donors (Lipinski definition) is 0. The van der Waals surface area contributed by atoms with Crippen LogP contribution in [0.3, 0.4) is 0 Å². The predicted molar refractivity (Wildman–Crippen MR) is 109 cm³/mol. The quantitative estimate of drug-likeness (QED) is 0.670. The van der Waals surface area contributed by atoms with E-state index in [4.69, 9.17) is 9.72 Å². The molecule has 0 saturated carbocycles. The topological polar surface area (TPSA) is 79.1 Å². The van der Waals surface area contributed by atoms with E-state index in [2.05, 4.69) is 29.8 Å². The lowest BCUT2D eigenvalue weighted by Crippen LogP contribution is -2.32. The number of carbonyl (C=O) groups is 1. The molecule has 1 saturated heterocycles. The molecule has 148 valence electrons. The van der Waals surface area contributed by atoms with Crippen molar-refractivity contribution in [3.05, 3.63) is 30.0 Å². The Bertz CT molecular complexity index is 851. The standard InChI is InChI=1S/C22H28N4O2/c1-3-16(4-2)15-28-22(27)17(14-23)20-21(26-12-8-5-9-13-26)25-19-11-7-6-10-18(19)24-20/h6-7,10-11,16-17H,3-5,8-9,12-13,15H2,1-2H3. The van der Waals surface area contributed by atoms with Crippen molar-refractivity contribution in [1.82, 2.24) is 9.97 Å². The van der Waals surface area contributed by atoms with Crippen LogP contribution in [0, 0.1) is 17.2 Å². The van der Waals surface area contributed by atoms with Gasteiger partial charge in [-0.2, -0.15) is 5.26 Å². The van der Waals surface area contributed by atoms with Crippen molar-refractivity contribution >= 4 is 22.8 Å². The molecular weight excluding hydrogens is 352 g/mol. The molecule has 0 radical (unpaired) electrons. The molecule has 1 aliphatic heterocycles. The van der Waals surface area contributed by atoms with Crippen molar-refractivity contribution in [3.63, 3.8) is 0 Å². The van der Waals surface area contributed by atoms with Gasteiger partial charge in [0.1, 0.15) is 5.69 Å². The molecule has 0 N–H and O–H groups in total. The molecule has 1 atom stereocenters. The molecule has 0 amide bonds. The highest BCUT2D eigenvalue weighted by molar-refractivity contribution is 5.85. The number of esters is 1. The smallest absolute Gasteiger partial charge is 0.329 e. The Labute approximate surface area is 166 Å². The Balaban J connectivity index is 1.95. The minimum atomic E-state index is -1.07. The van der Waals surface area contributed by atoms with Crippen LogP contribution in [0.25, 0.3) is 11.0 Å². The van der Waals surface area contributed by atoms with Gasteiger partial charge in [-0.15, -0.1) is 0 Å². The molecule has 3 rings (SSSR count). The lowest BCUT2D eigenvalue weighted by atomic mass is 10.0. The summed E-state index contributed by atoms with van der Waals surface area (Å²) in [5.74, 6) is -0.641. The van der Waals surface area contributed by atoms with Crippen molar-refractivity contribution in [2.24, 2.45) is 5.92 Å². The molecule has 2 heterocycles. The lowest BCUT2D eigenvalue weighted by Gasteiger charge is -2.29. The monoisotopic (exact) mass is 380 g/mol. The molecule has 2 aromatic rings. The van der Waals surface area contributed by atoms with Crippen LogP contribution in [0.5, 0.6) is 0 Å². The average molecular weight is 380 g/mol. The number of nitriles is 1. The van der Waals surface area contributed by atoms with Crippen LogP contribution < -0.4 is 4.90 Å². The van der Waals surface area contributed by atoms with Crippen LogP contribution in [-0.4, -0.2) is 35.6 Å². The maximum Gasteiger partial charge on any atom is 0.329 e. The normalized spacial score (nSPS) is 15.4. The lowest BCUT2D eigenvalue weighted by molar-refractivity contribution is -0.145. The SMILES string of the molecule is CCC(CC)COC(=O)C(C#N)c1nc2ccccc2nc1N1CCCCC1. The maximum atomic E-state index is 12.8. The number of para-hydroxylation sites is 2. The van der Waals surface area contributed by atoms with E-state index in [-0.39, 0.29) is 0 Å². The summed E-state index contributed by atoms with van der Waals surface area (Å²) in [7, 11) is 0. The fourth-order valence-corrected chi connectivity index (χ4v) is 3.57. The van der Waals surface area contributed by atoms with Crippen molar-refractivity contribution in [2.75, 3.05) is 24.6 Å². The van der Waals surface area contributed by atoms with Crippen LogP contribution in [0.4, 0.5) is 5.82 Å². The molecule has 0 spiro atoms. The molecule has 1 aromatic carbocycles. The summed E-state index contributed by atoms with van der Waals surface area (Å²) >= 11 is 0. The van der Waals surface area contributed by atoms with Crippen molar-refractivity contribution in [1.29, 1.82) is 5.26 Å². The second-order valence-electron chi connectivity index (χ2n) is 7.34. The van der Waals surface area contributed by atoms with Gasteiger partial charge in [-0.25, -0.2) is 9.97 Å². The van der Waals surface area contributed by atoms with Gasteiger partial charge in [0, 0.05) is 13.1 Å². The third-order valence-electron chi connectivity index (χ3n) is 5.49. The van der Waals surface area contributed by atoms with Gasteiger partial charge in [0.15, 0.2) is 11.7 Å². The highest BCUT2D eigenvalue weighted by Gasteiger charge is 2.30. The summed E-state index contributed by atoms with van der Waals surface area (Å²) in [6, 6.07) is 9.69. The van der Waals surface area contributed by atoms with Crippen LogP contribution in [0.1, 0.15) is 57.6 Å². The molecule has 1 unspecified atom stereocenters. The Morgan fingerprint density at radius 1 is 1.14 bits per heavy atom. The van der Waals surface area contributed by atoms with Gasteiger partial charge in [0.25, 0.3) is 0 Å². The number of ether oxygens (including phenoxy) is 1. The zero-order chi connectivity index (χ0) is 19.9. The molecule has 6 heteroatoms. The molecule has 0 bridgehead atoms. The van der Waals surface area contributed by atoms with E-state index in [0.29, 0.717) is 29.6 Å². The zero-order valence-electron chi connectivity index (χ0n) is 16.7. The summed E-state index contributed by atoms with van der Waals surface area (Å²) in [4.78, 5) is 24.4. The molecular formula is C22H28N4O2. The summed E-state index contributed by atoms with van der Waals surface area (Å²) < 4.78 is 5.50. The largest absolute Gasteiger partial charge is 0.464 e. The van der Waals surface area contributed by atoms with Crippen LogP contribution in [0.15, 0.2) is 24.3 Å². The van der Waals surface area contributed by atoms with Crippen molar-refractivity contribution in [2.45, 2.75) is 51.9 Å². The number of piperidine rings is 1. The number of anilines is 1. The van der Waals surface area contributed by atoms with E-state index >= 15 is 0 Å². The Morgan fingerprint density at radius 2 is 1.79 bits per heavy atom. The summed E-state index contributed by atoms with van der Waals surface area (Å²) in [6.45, 7) is 6.21. The number of fused-ring (bicyclic) bond motifs is 1. The van der Waals surface area contributed by atoms with Gasteiger partial charge in [-0.3, -0.25) is 4.79 Å². The van der Waals surface area contributed by atoms with E-state index in [1.165, 1.54) is 6.42 Å². The number of hydrogen-bond acceptors (Lipinski definition) is 6. The van der Waals surface area contributed by atoms with Gasteiger partial charge in [0.2, 0.25) is 0 Å². The summed E-state index contributed by atoms with van der Waals surface area (Å²) in [6.07, 6.45) is 5.21. The molecule has 1 aromatic heterocycles. The first-order valence-corrected chi connectivity index (χ1v) is 10.3. The van der Waals surface area contributed by atoms with Crippen molar-refractivity contribution < 1.29 is 9.53 Å². The molecule has 0 aliphatic carbocycles. The Kier molecular flexibility index (Phi) is 6.80. The predicted octanol–water partition coefficient (Wildman–Crippen LogP) is 4.21. The molecule has 1 fully saturated rings. The van der Waals surface area contributed by atoms with E-state index in [0.717, 1.165) is 44.3 Å². The fourth-order valence-electron chi connectivity index (χ4n) is 3.57. The zero-order valence-corrected chi connectivity index (χ0v) is 16.7. The summed E-state index contributed by atoms with van der Waals surface area (Å²) in [5, 5.41) is 9.79. The minimum Gasteiger partial charge on any atom is -0.464 e. The second kappa shape index (κ2) is 9.50. The first-order chi connectivity index (χ1) is 13.7. The van der Waals surface area contributed by atoms with Gasteiger partial charge < -0.3 is 9.64 Å². The van der Waals surface area contributed by atoms with Gasteiger partial charge in [-0.1, -0.05) is 38.8 Å². The number of rotatable bonds is 7. The molecule has 6 nitrogen and oxygen atoms in total. The number of nitrogens with zero attached hydrogens (tertiary/aromatic N) is 4. The molecule has 28 heavy (non-hydrogen) atoms. The Hall–Kier alpha value is -2.68. The number of carbonyl (C=O) groups excluding carboxylic acids is 1. The minimum absolute atomic E-state index is 0.313. The highest BCUT2D eigenvalue weighted by Crippen LogP contribution is 2.30. The van der Waals surface area contributed by atoms with Crippen LogP contribution >= 0.6 is 0 Å². The fraction of sp³-hybridized carbons (Fsp3) is 0.545. The molecule has 1 aliphatic rings. The third kappa shape index (κ3) is 4.41. The van der Waals surface area contributed by atoms with E-state index in [9.17, 15) is 10.1 Å². The van der Waals surface area contributed by atoms with Gasteiger partial charge in [-0.05, 0) is 37.3 Å². The van der Waals surface area contributed by atoms with Crippen molar-refractivity contribution in [3.8, 4) is 6.07 Å².